The number of allylic oxidation sites excluding steroid dienone is 2. The Bertz CT molecular complexity index is 908. The van der Waals surface area contributed by atoms with E-state index >= 15 is 0 Å². The van der Waals surface area contributed by atoms with Crippen LogP contribution in [0.3, 0.4) is 0 Å². The third kappa shape index (κ3) is 3.39. The topological polar surface area (TPSA) is 3.24 Å². The van der Waals surface area contributed by atoms with Gasteiger partial charge < -0.3 is 4.90 Å². The highest BCUT2D eigenvalue weighted by atomic mass is 15.1. The van der Waals surface area contributed by atoms with Crippen molar-refractivity contribution in [3.8, 4) is 0 Å². The van der Waals surface area contributed by atoms with Crippen molar-refractivity contribution in [3.05, 3.63) is 84.6 Å². The van der Waals surface area contributed by atoms with Crippen LogP contribution in [0, 0.1) is 11.8 Å². The predicted molar refractivity (Wildman–Crippen MR) is 113 cm³/mol. The zero-order valence-corrected chi connectivity index (χ0v) is 15.7. The van der Waals surface area contributed by atoms with Crippen LogP contribution in [0.25, 0.3) is 10.8 Å². The van der Waals surface area contributed by atoms with E-state index in [0.717, 1.165) is 6.42 Å². The lowest BCUT2D eigenvalue weighted by atomic mass is 9.85. The first-order valence-electron chi connectivity index (χ1n) is 9.77. The van der Waals surface area contributed by atoms with Crippen molar-refractivity contribution in [2.75, 3.05) is 4.90 Å². The van der Waals surface area contributed by atoms with Gasteiger partial charge in [0.2, 0.25) is 0 Å². The van der Waals surface area contributed by atoms with Gasteiger partial charge in [0.15, 0.2) is 0 Å². The van der Waals surface area contributed by atoms with Crippen LogP contribution < -0.4 is 4.90 Å². The zero-order chi connectivity index (χ0) is 17.9. The molecule has 1 nitrogen and oxygen atoms in total. The third-order valence-corrected chi connectivity index (χ3v) is 5.53. The van der Waals surface area contributed by atoms with Gasteiger partial charge in [-0.25, -0.2) is 0 Å². The summed E-state index contributed by atoms with van der Waals surface area (Å²) in [6.07, 6.45) is 6.24. The fourth-order valence-electron chi connectivity index (χ4n) is 4.02. The van der Waals surface area contributed by atoms with Crippen molar-refractivity contribution in [2.45, 2.75) is 33.1 Å². The maximum Gasteiger partial charge on any atom is 0.0464 e. The fraction of sp³-hybridized carbons (Fsp3) is 0.280. The summed E-state index contributed by atoms with van der Waals surface area (Å²) < 4.78 is 0. The Morgan fingerprint density at radius 2 is 1.54 bits per heavy atom. The Labute approximate surface area is 157 Å². The van der Waals surface area contributed by atoms with Crippen molar-refractivity contribution in [2.24, 2.45) is 11.8 Å². The number of benzene rings is 3. The average molecular weight is 341 g/mol. The molecule has 1 unspecified atom stereocenters. The van der Waals surface area contributed by atoms with E-state index in [2.05, 4.69) is 97.6 Å². The number of hydrogen-bond acceptors (Lipinski definition) is 1. The van der Waals surface area contributed by atoms with Gasteiger partial charge in [-0.05, 0) is 66.1 Å². The Balaban J connectivity index is 1.83. The zero-order valence-electron chi connectivity index (χ0n) is 15.7. The van der Waals surface area contributed by atoms with Crippen LogP contribution in [-0.4, -0.2) is 0 Å². The standard InChI is InChI=1S/C25H27N/c1-19(2)21-11-8-14-24(17-21)26(23-12-4-3-5-13-23)25-16-15-20-9-6-7-10-22(20)18-25/h3-7,9-10,12-13,15-19,21H,8,11,14H2,1-2H3. The van der Waals surface area contributed by atoms with Gasteiger partial charge in [-0.1, -0.05) is 68.5 Å². The Morgan fingerprint density at radius 1 is 0.808 bits per heavy atom. The predicted octanol–water partition coefficient (Wildman–Crippen LogP) is 7.32. The van der Waals surface area contributed by atoms with E-state index in [4.69, 9.17) is 0 Å². The van der Waals surface area contributed by atoms with E-state index < -0.39 is 0 Å². The fourth-order valence-corrected chi connectivity index (χ4v) is 4.02. The van der Waals surface area contributed by atoms with E-state index in [1.807, 2.05) is 0 Å². The first-order valence-corrected chi connectivity index (χ1v) is 9.77. The van der Waals surface area contributed by atoms with Gasteiger partial charge in [-0.2, -0.15) is 0 Å². The summed E-state index contributed by atoms with van der Waals surface area (Å²) in [6, 6.07) is 26.2. The highest BCUT2D eigenvalue weighted by Crippen LogP contribution is 2.38. The first kappa shape index (κ1) is 16.9. The quantitative estimate of drug-likeness (QED) is 0.480. The largest absolute Gasteiger partial charge is 0.315 e. The average Bonchev–Trinajstić information content (AvgIpc) is 2.69. The summed E-state index contributed by atoms with van der Waals surface area (Å²) >= 11 is 0. The molecule has 0 radical (unpaired) electrons. The molecule has 1 atom stereocenters. The van der Waals surface area contributed by atoms with Gasteiger partial charge in [0, 0.05) is 17.1 Å². The van der Waals surface area contributed by atoms with Crippen LogP contribution in [0.2, 0.25) is 0 Å². The Hall–Kier alpha value is -2.54. The molecule has 0 saturated heterocycles. The monoisotopic (exact) mass is 341 g/mol. The number of rotatable bonds is 4. The van der Waals surface area contributed by atoms with Crippen LogP contribution >= 0.6 is 0 Å². The van der Waals surface area contributed by atoms with Crippen molar-refractivity contribution in [1.29, 1.82) is 0 Å². The summed E-state index contributed by atoms with van der Waals surface area (Å²) in [5.74, 6) is 1.37. The second kappa shape index (κ2) is 7.37. The second-order valence-corrected chi connectivity index (χ2v) is 7.66. The maximum absolute atomic E-state index is 2.52. The molecule has 26 heavy (non-hydrogen) atoms. The summed E-state index contributed by atoms with van der Waals surface area (Å²) in [4.78, 5) is 2.46. The molecule has 0 saturated carbocycles. The molecule has 3 aromatic carbocycles. The third-order valence-electron chi connectivity index (χ3n) is 5.53. The van der Waals surface area contributed by atoms with E-state index in [0.29, 0.717) is 11.8 Å². The minimum Gasteiger partial charge on any atom is -0.315 e. The molecule has 4 rings (SSSR count). The van der Waals surface area contributed by atoms with Gasteiger partial charge in [-0.15, -0.1) is 0 Å². The van der Waals surface area contributed by atoms with Crippen LogP contribution in [0.1, 0.15) is 33.1 Å². The highest BCUT2D eigenvalue weighted by molar-refractivity contribution is 5.87. The van der Waals surface area contributed by atoms with E-state index in [9.17, 15) is 0 Å². The molecule has 0 aliphatic heterocycles. The molecule has 132 valence electrons. The summed E-state index contributed by atoms with van der Waals surface area (Å²) in [5, 5.41) is 2.59. The molecule has 0 amide bonds. The van der Waals surface area contributed by atoms with Gasteiger partial charge >= 0.3 is 0 Å². The first-order chi connectivity index (χ1) is 12.7. The molecule has 0 fully saturated rings. The molecule has 0 bridgehead atoms. The minimum atomic E-state index is 0.672. The summed E-state index contributed by atoms with van der Waals surface area (Å²) in [6.45, 7) is 4.68. The van der Waals surface area contributed by atoms with Crippen molar-refractivity contribution < 1.29 is 0 Å². The molecule has 1 aliphatic rings. The molecule has 0 heterocycles. The maximum atomic E-state index is 2.52. The lowest BCUT2D eigenvalue weighted by Gasteiger charge is -2.33. The smallest absolute Gasteiger partial charge is 0.0464 e. The molecule has 0 N–H and O–H groups in total. The summed E-state index contributed by atoms with van der Waals surface area (Å²) in [7, 11) is 0. The Kier molecular flexibility index (Phi) is 4.79. The highest BCUT2D eigenvalue weighted by Gasteiger charge is 2.22. The van der Waals surface area contributed by atoms with Gasteiger partial charge in [0.1, 0.15) is 0 Å². The lowest BCUT2D eigenvalue weighted by molar-refractivity contribution is 0.405. The number of fused-ring (bicyclic) bond motifs is 1. The molecule has 1 heteroatoms. The number of anilines is 2. The molecule has 0 spiro atoms. The SMILES string of the molecule is CC(C)C1C=C(N(c2ccccc2)c2ccc3ccccc3c2)CCC1. The second-order valence-electron chi connectivity index (χ2n) is 7.66. The van der Waals surface area contributed by atoms with Crippen molar-refractivity contribution >= 4 is 22.1 Å². The van der Waals surface area contributed by atoms with Gasteiger partial charge in [0.05, 0.1) is 0 Å². The summed E-state index contributed by atoms with van der Waals surface area (Å²) in [5.41, 5.74) is 3.94. The van der Waals surface area contributed by atoms with Crippen molar-refractivity contribution in [1.82, 2.24) is 0 Å². The molecule has 1 aliphatic carbocycles. The lowest BCUT2D eigenvalue weighted by Crippen LogP contribution is -2.22. The van der Waals surface area contributed by atoms with Crippen LogP contribution in [-0.2, 0) is 0 Å². The molecular weight excluding hydrogens is 314 g/mol. The van der Waals surface area contributed by atoms with Gasteiger partial charge in [-0.3, -0.25) is 0 Å². The minimum absolute atomic E-state index is 0.672. The number of para-hydroxylation sites is 1. The van der Waals surface area contributed by atoms with E-state index in [-0.39, 0.29) is 0 Å². The molecule has 0 aromatic heterocycles. The van der Waals surface area contributed by atoms with Gasteiger partial charge in [0.25, 0.3) is 0 Å². The normalized spacial score (nSPS) is 17.3. The van der Waals surface area contributed by atoms with Crippen LogP contribution in [0.15, 0.2) is 84.6 Å². The number of nitrogens with zero attached hydrogens (tertiary/aromatic N) is 1. The van der Waals surface area contributed by atoms with E-state index in [1.165, 1.54) is 40.7 Å². The Morgan fingerprint density at radius 3 is 2.31 bits per heavy atom. The number of hydrogen-bond donors (Lipinski definition) is 0. The van der Waals surface area contributed by atoms with E-state index in [1.54, 1.807) is 0 Å². The van der Waals surface area contributed by atoms with Crippen LogP contribution in [0.5, 0.6) is 0 Å². The molecule has 3 aromatic rings. The molecular formula is C25H27N. The van der Waals surface area contributed by atoms with Crippen molar-refractivity contribution in [3.63, 3.8) is 0 Å². The van der Waals surface area contributed by atoms with Crippen LogP contribution in [0.4, 0.5) is 11.4 Å².